The van der Waals surface area contributed by atoms with Gasteiger partial charge in [-0.25, -0.2) is 13.8 Å². The molecule has 0 bridgehead atoms. The molecule has 0 aliphatic carbocycles. The molecule has 0 atom stereocenters. The fraction of sp³-hybridized carbons (Fsp3) is 0.0714. The van der Waals surface area contributed by atoms with E-state index in [0.717, 1.165) is 9.26 Å². The number of halogens is 3. The van der Waals surface area contributed by atoms with Crippen molar-refractivity contribution < 1.29 is 8.78 Å². The lowest BCUT2D eigenvalue weighted by Crippen LogP contribution is -2.00. The Bertz CT molecular complexity index is 798. The monoisotopic (exact) mass is 385 g/mol. The zero-order chi connectivity index (χ0) is 14.3. The highest BCUT2D eigenvalue weighted by Gasteiger charge is 2.12. The fourth-order valence-corrected chi connectivity index (χ4v) is 2.48. The molecule has 0 saturated carbocycles. The predicted molar refractivity (Wildman–Crippen MR) is 82.3 cm³/mol. The second-order valence-corrected chi connectivity index (χ2v) is 5.53. The Kier molecular flexibility index (Phi) is 3.33. The Hall–Kier alpha value is -1.70. The molecular formula is C14H10F2IN3. The van der Waals surface area contributed by atoms with Gasteiger partial charge in [0.05, 0.1) is 17.6 Å². The van der Waals surface area contributed by atoms with Crippen molar-refractivity contribution in [3.63, 3.8) is 0 Å². The highest BCUT2D eigenvalue weighted by molar-refractivity contribution is 14.1. The summed E-state index contributed by atoms with van der Waals surface area (Å²) in [5.74, 6) is -0.919. The second-order valence-electron chi connectivity index (χ2n) is 4.43. The molecule has 0 aliphatic heterocycles. The van der Waals surface area contributed by atoms with Crippen LogP contribution in [0.15, 0.2) is 36.7 Å². The van der Waals surface area contributed by atoms with Crippen LogP contribution in [0, 0.1) is 22.3 Å². The smallest absolute Gasteiger partial charge is 0.189 e. The zero-order valence-corrected chi connectivity index (χ0v) is 12.6. The molecule has 0 spiro atoms. The van der Waals surface area contributed by atoms with Crippen molar-refractivity contribution in [1.82, 2.24) is 9.38 Å². The maximum Gasteiger partial charge on any atom is 0.189 e. The van der Waals surface area contributed by atoms with Crippen LogP contribution in [0.5, 0.6) is 0 Å². The molecule has 1 N–H and O–H groups in total. The van der Waals surface area contributed by atoms with Crippen molar-refractivity contribution in [3.05, 3.63) is 57.6 Å². The van der Waals surface area contributed by atoms with E-state index in [1.54, 1.807) is 41.9 Å². The maximum atomic E-state index is 14.3. The molecule has 2 aromatic heterocycles. The average molecular weight is 385 g/mol. The first kappa shape index (κ1) is 13.3. The van der Waals surface area contributed by atoms with Crippen molar-refractivity contribution in [2.75, 3.05) is 5.32 Å². The number of aromatic nitrogens is 2. The number of fused-ring (bicyclic) bond motifs is 1. The summed E-state index contributed by atoms with van der Waals surface area (Å²) in [6, 6.07) is 6.31. The number of pyridine rings is 1. The average Bonchev–Trinajstić information content (AvgIpc) is 2.78. The molecule has 0 radical (unpaired) electrons. The van der Waals surface area contributed by atoms with E-state index in [-0.39, 0.29) is 17.0 Å². The first-order valence-electron chi connectivity index (χ1n) is 5.90. The van der Waals surface area contributed by atoms with Gasteiger partial charge < -0.3 is 5.32 Å². The summed E-state index contributed by atoms with van der Waals surface area (Å²) in [7, 11) is 0. The van der Waals surface area contributed by atoms with E-state index >= 15 is 0 Å². The Morgan fingerprint density at radius 3 is 2.75 bits per heavy atom. The number of rotatable bonds is 2. The first-order valence-corrected chi connectivity index (χ1v) is 6.98. The molecule has 0 saturated heterocycles. The van der Waals surface area contributed by atoms with Crippen molar-refractivity contribution >= 4 is 39.6 Å². The van der Waals surface area contributed by atoms with E-state index in [1.165, 1.54) is 6.07 Å². The van der Waals surface area contributed by atoms with Crippen LogP contribution in [0.4, 0.5) is 20.2 Å². The van der Waals surface area contributed by atoms with E-state index < -0.39 is 11.6 Å². The van der Waals surface area contributed by atoms with Crippen LogP contribution in [0.2, 0.25) is 0 Å². The van der Waals surface area contributed by atoms with Gasteiger partial charge in [0.1, 0.15) is 9.52 Å². The minimum absolute atomic E-state index is 0.197. The largest absolute Gasteiger partial charge is 0.351 e. The summed E-state index contributed by atoms with van der Waals surface area (Å²) in [6.45, 7) is 1.80. The van der Waals surface area contributed by atoms with E-state index in [1.807, 2.05) is 0 Å². The van der Waals surface area contributed by atoms with Crippen LogP contribution in [0.3, 0.4) is 0 Å². The summed E-state index contributed by atoms with van der Waals surface area (Å²) >= 11 is 2.07. The Labute approximate surface area is 127 Å². The van der Waals surface area contributed by atoms with Crippen LogP contribution in [-0.4, -0.2) is 9.38 Å². The quantitative estimate of drug-likeness (QED) is 0.668. The number of imidazole rings is 1. The molecular weight excluding hydrogens is 375 g/mol. The summed E-state index contributed by atoms with van der Waals surface area (Å²) in [4.78, 5) is 4.00. The standard InChI is InChI=1S/C14H10F2IN3/c1-8-2-3-10(9(15)6-8)19-11-4-5-20-12(17)7-18-14(20)13(11)16/h2-7,19H,1H3. The summed E-state index contributed by atoms with van der Waals surface area (Å²) in [6.07, 6.45) is 3.27. The van der Waals surface area contributed by atoms with Crippen LogP contribution in [0.1, 0.15) is 5.56 Å². The number of nitrogens with one attached hydrogen (secondary N) is 1. The molecule has 3 rings (SSSR count). The van der Waals surface area contributed by atoms with E-state index in [4.69, 9.17) is 0 Å². The number of hydrogen-bond donors (Lipinski definition) is 1. The van der Waals surface area contributed by atoms with Crippen molar-refractivity contribution in [1.29, 1.82) is 0 Å². The lowest BCUT2D eigenvalue weighted by atomic mass is 10.2. The Morgan fingerprint density at radius 2 is 2.00 bits per heavy atom. The summed E-state index contributed by atoms with van der Waals surface area (Å²) in [5.41, 5.74) is 1.46. The summed E-state index contributed by atoms with van der Waals surface area (Å²) in [5, 5.41) is 2.76. The number of benzene rings is 1. The topological polar surface area (TPSA) is 29.3 Å². The maximum absolute atomic E-state index is 14.3. The van der Waals surface area contributed by atoms with E-state index in [0.29, 0.717) is 0 Å². The highest BCUT2D eigenvalue weighted by Crippen LogP contribution is 2.25. The number of aryl methyl sites for hydroxylation is 1. The van der Waals surface area contributed by atoms with Gasteiger partial charge in [-0.05, 0) is 53.3 Å². The van der Waals surface area contributed by atoms with Gasteiger partial charge in [-0.2, -0.15) is 0 Å². The van der Waals surface area contributed by atoms with Crippen molar-refractivity contribution in [2.45, 2.75) is 6.92 Å². The molecule has 2 heterocycles. The number of nitrogens with zero attached hydrogens (tertiary/aromatic N) is 2. The third-order valence-electron chi connectivity index (χ3n) is 2.97. The van der Waals surface area contributed by atoms with Gasteiger partial charge >= 0.3 is 0 Å². The molecule has 3 aromatic rings. The predicted octanol–water partition coefficient (Wildman–Crippen LogP) is 4.27. The van der Waals surface area contributed by atoms with Gasteiger partial charge in [0, 0.05) is 6.20 Å². The number of hydrogen-bond acceptors (Lipinski definition) is 2. The van der Waals surface area contributed by atoms with Gasteiger partial charge in [0.2, 0.25) is 0 Å². The Morgan fingerprint density at radius 1 is 1.20 bits per heavy atom. The molecule has 102 valence electrons. The van der Waals surface area contributed by atoms with E-state index in [2.05, 4.69) is 32.9 Å². The lowest BCUT2D eigenvalue weighted by Gasteiger charge is -2.10. The van der Waals surface area contributed by atoms with Crippen molar-refractivity contribution in [2.24, 2.45) is 0 Å². The van der Waals surface area contributed by atoms with Crippen LogP contribution >= 0.6 is 22.6 Å². The van der Waals surface area contributed by atoms with E-state index in [9.17, 15) is 8.78 Å². The van der Waals surface area contributed by atoms with Gasteiger partial charge in [-0.3, -0.25) is 4.40 Å². The Balaban J connectivity index is 2.04. The molecule has 0 unspecified atom stereocenters. The molecule has 0 amide bonds. The normalized spacial score (nSPS) is 11.0. The highest BCUT2D eigenvalue weighted by atomic mass is 127. The third-order valence-corrected chi connectivity index (χ3v) is 3.77. The van der Waals surface area contributed by atoms with Crippen molar-refractivity contribution in [3.8, 4) is 0 Å². The third kappa shape index (κ3) is 2.24. The fourth-order valence-electron chi connectivity index (χ4n) is 1.95. The lowest BCUT2D eigenvalue weighted by molar-refractivity contribution is 0.625. The van der Waals surface area contributed by atoms with Crippen LogP contribution in [0.25, 0.3) is 5.65 Å². The second kappa shape index (κ2) is 5.01. The van der Waals surface area contributed by atoms with Gasteiger partial charge in [-0.1, -0.05) is 6.07 Å². The SMILES string of the molecule is Cc1ccc(Nc2ccn3c(I)cnc3c2F)c(F)c1. The zero-order valence-electron chi connectivity index (χ0n) is 10.5. The minimum atomic E-state index is -0.504. The molecule has 1 aromatic carbocycles. The van der Waals surface area contributed by atoms with Gasteiger partial charge in [-0.15, -0.1) is 0 Å². The van der Waals surface area contributed by atoms with Gasteiger partial charge in [0.15, 0.2) is 11.5 Å². The molecule has 0 fully saturated rings. The number of anilines is 2. The first-order chi connectivity index (χ1) is 9.56. The molecule has 20 heavy (non-hydrogen) atoms. The van der Waals surface area contributed by atoms with Crippen LogP contribution in [-0.2, 0) is 0 Å². The van der Waals surface area contributed by atoms with Crippen LogP contribution < -0.4 is 5.32 Å². The molecule has 0 aliphatic rings. The summed E-state index contributed by atoms with van der Waals surface area (Å²) < 4.78 is 30.5. The molecule has 3 nitrogen and oxygen atoms in total. The van der Waals surface area contributed by atoms with Gasteiger partial charge in [0.25, 0.3) is 0 Å². The minimum Gasteiger partial charge on any atom is -0.351 e. The molecule has 6 heteroatoms.